The molecule has 0 spiro atoms. The van der Waals surface area contributed by atoms with Crippen molar-refractivity contribution < 1.29 is 9.32 Å². The summed E-state index contributed by atoms with van der Waals surface area (Å²) in [5, 5.41) is 9.46. The average Bonchev–Trinajstić information content (AvgIpc) is 2.75. The van der Waals surface area contributed by atoms with Gasteiger partial charge in [0.1, 0.15) is 12.0 Å². The van der Waals surface area contributed by atoms with Crippen LogP contribution in [0.3, 0.4) is 0 Å². The number of amides is 1. The van der Waals surface area contributed by atoms with Gasteiger partial charge in [-0.25, -0.2) is 0 Å². The van der Waals surface area contributed by atoms with Crippen LogP contribution in [0.1, 0.15) is 6.92 Å². The summed E-state index contributed by atoms with van der Waals surface area (Å²) in [5.74, 6) is 0.463. The molecule has 1 aromatic rings. The molecule has 0 radical (unpaired) electrons. The number of hydrogen-bond acceptors (Lipinski definition) is 4. The highest BCUT2D eigenvalue weighted by molar-refractivity contribution is 5.92. The third-order valence-corrected chi connectivity index (χ3v) is 2.55. The molecule has 5 nitrogen and oxygen atoms in total. The minimum Gasteiger partial charge on any atom is -0.363 e. The van der Waals surface area contributed by atoms with Crippen molar-refractivity contribution in [3.05, 3.63) is 12.5 Å². The first kappa shape index (κ1) is 9.21. The molecule has 0 bridgehead atoms. The van der Waals surface area contributed by atoms with E-state index in [2.05, 4.69) is 27.2 Å². The smallest absolute Gasteiger partial charge is 0.229 e. The molecule has 0 aliphatic carbocycles. The van der Waals surface area contributed by atoms with E-state index < -0.39 is 0 Å². The minimum absolute atomic E-state index is 0.0331. The zero-order chi connectivity index (χ0) is 9.97. The summed E-state index contributed by atoms with van der Waals surface area (Å²) < 4.78 is 4.62. The summed E-state index contributed by atoms with van der Waals surface area (Å²) in [5.41, 5.74) is 0.620. The molecule has 76 valence electrons. The van der Waals surface area contributed by atoms with Gasteiger partial charge < -0.3 is 15.2 Å². The summed E-state index contributed by atoms with van der Waals surface area (Å²) in [6.07, 6.45) is 2.91. The predicted molar refractivity (Wildman–Crippen MR) is 50.7 cm³/mol. The van der Waals surface area contributed by atoms with Crippen molar-refractivity contribution in [2.24, 2.45) is 11.8 Å². The molecular weight excluding hydrogens is 182 g/mol. The fourth-order valence-corrected chi connectivity index (χ4v) is 1.66. The van der Waals surface area contributed by atoms with E-state index in [0.29, 0.717) is 11.6 Å². The van der Waals surface area contributed by atoms with E-state index in [-0.39, 0.29) is 11.8 Å². The Morgan fingerprint density at radius 2 is 2.57 bits per heavy atom. The molecule has 0 saturated carbocycles. The van der Waals surface area contributed by atoms with Crippen molar-refractivity contribution in [2.75, 3.05) is 18.4 Å². The van der Waals surface area contributed by atoms with Gasteiger partial charge in [0.15, 0.2) is 0 Å². The molecule has 1 aliphatic heterocycles. The van der Waals surface area contributed by atoms with E-state index in [0.717, 1.165) is 13.1 Å². The summed E-state index contributed by atoms with van der Waals surface area (Å²) >= 11 is 0. The van der Waals surface area contributed by atoms with Crippen molar-refractivity contribution in [1.82, 2.24) is 10.5 Å². The Labute approximate surface area is 81.8 Å². The monoisotopic (exact) mass is 195 g/mol. The van der Waals surface area contributed by atoms with Crippen LogP contribution >= 0.6 is 0 Å². The minimum atomic E-state index is 0.0331. The zero-order valence-electron chi connectivity index (χ0n) is 7.99. The Hall–Kier alpha value is -1.36. The third kappa shape index (κ3) is 1.77. The number of nitrogens with one attached hydrogen (secondary N) is 2. The summed E-state index contributed by atoms with van der Waals surface area (Å²) in [6.45, 7) is 3.72. The number of carbonyl (C=O) groups excluding carboxylic acids is 1. The third-order valence-electron chi connectivity index (χ3n) is 2.55. The van der Waals surface area contributed by atoms with Crippen LogP contribution < -0.4 is 10.6 Å². The molecular formula is C9H13N3O2. The highest BCUT2D eigenvalue weighted by Gasteiger charge is 2.29. The average molecular weight is 195 g/mol. The lowest BCUT2D eigenvalue weighted by molar-refractivity contribution is -0.120. The Bertz CT molecular complexity index is 310. The van der Waals surface area contributed by atoms with Crippen LogP contribution in [-0.2, 0) is 4.79 Å². The molecule has 2 atom stereocenters. The van der Waals surface area contributed by atoms with Crippen LogP contribution in [-0.4, -0.2) is 24.2 Å². The summed E-state index contributed by atoms with van der Waals surface area (Å²) in [4.78, 5) is 11.7. The van der Waals surface area contributed by atoms with Gasteiger partial charge >= 0.3 is 0 Å². The molecule has 1 amide bonds. The standard InChI is InChI=1S/C9H13N3O2/c1-6-2-10-4-8(6)9(13)12-7-3-11-14-5-7/h3,5-6,8,10H,2,4H2,1H3,(H,12,13)/t6-,8-/m1/s1. The van der Waals surface area contributed by atoms with Gasteiger partial charge in [0, 0.05) is 6.54 Å². The van der Waals surface area contributed by atoms with Crippen LogP contribution in [0.15, 0.2) is 17.0 Å². The Kier molecular flexibility index (Phi) is 2.49. The SMILES string of the molecule is C[C@@H]1CNC[C@H]1C(=O)Nc1cnoc1. The van der Waals surface area contributed by atoms with Gasteiger partial charge in [0.25, 0.3) is 0 Å². The van der Waals surface area contributed by atoms with E-state index in [4.69, 9.17) is 0 Å². The zero-order valence-corrected chi connectivity index (χ0v) is 7.99. The van der Waals surface area contributed by atoms with Crippen molar-refractivity contribution in [3.8, 4) is 0 Å². The fraction of sp³-hybridized carbons (Fsp3) is 0.556. The largest absolute Gasteiger partial charge is 0.363 e. The van der Waals surface area contributed by atoms with E-state index in [1.54, 1.807) is 0 Å². The van der Waals surface area contributed by atoms with Gasteiger partial charge in [0.05, 0.1) is 12.1 Å². The van der Waals surface area contributed by atoms with Gasteiger partial charge in [-0.05, 0) is 12.5 Å². The quantitative estimate of drug-likeness (QED) is 0.719. The highest BCUT2D eigenvalue weighted by atomic mass is 16.5. The molecule has 1 fully saturated rings. The summed E-state index contributed by atoms with van der Waals surface area (Å²) in [6, 6.07) is 0. The maximum atomic E-state index is 11.7. The lowest BCUT2D eigenvalue weighted by Gasteiger charge is -2.12. The van der Waals surface area contributed by atoms with Crippen LogP contribution in [0.25, 0.3) is 0 Å². The fourth-order valence-electron chi connectivity index (χ4n) is 1.66. The molecule has 1 aliphatic rings. The lowest BCUT2D eigenvalue weighted by atomic mass is 9.97. The van der Waals surface area contributed by atoms with Crippen molar-refractivity contribution in [3.63, 3.8) is 0 Å². The van der Waals surface area contributed by atoms with Crippen LogP contribution in [0.4, 0.5) is 5.69 Å². The number of anilines is 1. The van der Waals surface area contributed by atoms with Crippen molar-refractivity contribution in [1.29, 1.82) is 0 Å². The lowest BCUT2D eigenvalue weighted by Crippen LogP contribution is -2.27. The van der Waals surface area contributed by atoms with E-state index >= 15 is 0 Å². The number of rotatable bonds is 2. The first-order valence-corrected chi connectivity index (χ1v) is 4.68. The van der Waals surface area contributed by atoms with Crippen LogP contribution in [0.5, 0.6) is 0 Å². The van der Waals surface area contributed by atoms with E-state index in [9.17, 15) is 4.79 Å². The van der Waals surface area contributed by atoms with Gasteiger partial charge in [0.2, 0.25) is 5.91 Å². The predicted octanol–water partition coefficient (Wildman–Crippen LogP) is 0.469. The highest BCUT2D eigenvalue weighted by Crippen LogP contribution is 2.17. The summed E-state index contributed by atoms with van der Waals surface area (Å²) in [7, 11) is 0. The van der Waals surface area contributed by atoms with Gasteiger partial charge in [-0.3, -0.25) is 4.79 Å². The molecule has 5 heteroatoms. The number of aromatic nitrogens is 1. The molecule has 14 heavy (non-hydrogen) atoms. The van der Waals surface area contributed by atoms with Crippen LogP contribution in [0.2, 0.25) is 0 Å². The number of hydrogen-bond donors (Lipinski definition) is 2. The van der Waals surface area contributed by atoms with Gasteiger partial charge in [-0.1, -0.05) is 12.1 Å². The molecule has 0 aromatic carbocycles. The van der Waals surface area contributed by atoms with Gasteiger partial charge in [-0.15, -0.1) is 0 Å². The Morgan fingerprint density at radius 3 is 3.14 bits per heavy atom. The van der Waals surface area contributed by atoms with Crippen LogP contribution in [0, 0.1) is 11.8 Å². The second kappa shape index (κ2) is 3.79. The molecule has 2 N–H and O–H groups in total. The first-order chi connectivity index (χ1) is 6.77. The van der Waals surface area contributed by atoms with Crippen molar-refractivity contribution >= 4 is 11.6 Å². The maximum Gasteiger partial charge on any atom is 0.229 e. The normalized spacial score (nSPS) is 26.4. The number of nitrogens with zero attached hydrogens (tertiary/aromatic N) is 1. The molecule has 2 rings (SSSR count). The topological polar surface area (TPSA) is 67.2 Å². The van der Waals surface area contributed by atoms with Gasteiger partial charge in [-0.2, -0.15) is 0 Å². The Balaban J connectivity index is 1.95. The van der Waals surface area contributed by atoms with Crippen molar-refractivity contribution in [2.45, 2.75) is 6.92 Å². The maximum absolute atomic E-state index is 11.7. The number of carbonyl (C=O) groups is 1. The second-order valence-electron chi connectivity index (χ2n) is 3.64. The van der Waals surface area contributed by atoms with E-state index in [1.807, 2.05) is 0 Å². The molecule has 1 aromatic heterocycles. The first-order valence-electron chi connectivity index (χ1n) is 4.68. The molecule has 2 heterocycles. The second-order valence-corrected chi connectivity index (χ2v) is 3.64. The molecule has 0 unspecified atom stereocenters. The van der Waals surface area contributed by atoms with E-state index in [1.165, 1.54) is 12.5 Å². The molecule has 1 saturated heterocycles. The Morgan fingerprint density at radius 1 is 1.71 bits per heavy atom.